The Morgan fingerprint density at radius 1 is 1.24 bits per heavy atom. The van der Waals surface area contributed by atoms with E-state index in [1.165, 1.54) is 17.4 Å². The van der Waals surface area contributed by atoms with Gasteiger partial charge in [0.15, 0.2) is 5.13 Å². The van der Waals surface area contributed by atoms with E-state index in [1.54, 1.807) is 29.3 Å². The summed E-state index contributed by atoms with van der Waals surface area (Å²) in [7, 11) is 0. The van der Waals surface area contributed by atoms with Crippen LogP contribution in [0, 0.1) is 18.6 Å². The monoisotopic (exact) mass is 433 g/mol. The summed E-state index contributed by atoms with van der Waals surface area (Å²) in [6.45, 7) is 2.07. The van der Waals surface area contributed by atoms with Crippen LogP contribution < -0.4 is 5.32 Å². The Balaban J connectivity index is 1.49. The molecule has 1 atom stereocenters. The lowest BCUT2D eigenvalue weighted by Gasteiger charge is -2.22. The van der Waals surface area contributed by atoms with E-state index < -0.39 is 17.7 Å². The molecule has 4 rings (SSSR count). The fourth-order valence-electron chi connectivity index (χ4n) is 3.32. The van der Waals surface area contributed by atoms with Gasteiger partial charge in [0.2, 0.25) is 5.91 Å². The van der Waals surface area contributed by atoms with Gasteiger partial charge in [0.1, 0.15) is 17.7 Å². The van der Waals surface area contributed by atoms with Gasteiger partial charge in [0.25, 0.3) is 5.91 Å². The van der Waals surface area contributed by atoms with Crippen LogP contribution in [0.4, 0.5) is 13.9 Å². The molecule has 1 N–H and O–H groups in total. The van der Waals surface area contributed by atoms with Crippen molar-refractivity contribution in [3.63, 3.8) is 0 Å². The predicted molar refractivity (Wildman–Crippen MR) is 109 cm³/mol. The molecular formula is C20H17F2N3O2S2. The van der Waals surface area contributed by atoms with Gasteiger partial charge in [-0.1, -0.05) is 6.07 Å². The summed E-state index contributed by atoms with van der Waals surface area (Å²) >= 11 is 2.50. The van der Waals surface area contributed by atoms with Gasteiger partial charge in [0, 0.05) is 23.6 Å². The quantitative estimate of drug-likeness (QED) is 0.649. The van der Waals surface area contributed by atoms with Gasteiger partial charge in [-0.3, -0.25) is 9.59 Å². The minimum absolute atomic E-state index is 0.152. The molecule has 0 aliphatic carbocycles. The number of thiazole rings is 1. The van der Waals surface area contributed by atoms with Gasteiger partial charge in [-0.2, -0.15) is 0 Å². The summed E-state index contributed by atoms with van der Waals surface area (Å²) in [5.74, 6) is -1.79. The molecule has 2 aromatic heterocycles. The van der Waals surface area contributed by atoms with Crippen molar-refractivity contribution in [2.24, 2.45) is 0 Å². The van der Waals surface area contributed by atoms with Crippen molar-refractivity contribution in [3.8, 4) is 11.3 Å². The largest absolute Gasteiger partial charge is 0.326 e. The molecule has 1 fully saturated rings. The minimum atomic E-state index is -0.709. The van der Waals surface area contributed by atoms with E-state index in [-0.39, 0.29) is 17.4 Å². The predicted octanol–water partition coefficient (Wildman–Crippen LogP) is 4.70. The van der Waals surface area contributed by atoms with Crippen molar-refractivity contribution in [2.75, 3.05) is 11.9 Å². The Hall–Kier alpha value is -2.65. The number of aryl methyl sites for hydroxylation is 1. The molecule has 1 aliphatic heterocycles. The summed E-state index contributed by atoms with van der Waals surface area (Å²) in [5.41, 5.74) is 0.813. The summed E-state index contributed by atoms with van der Waals surface area (Å²) in [6, 6.07) is 5.20. The maximum absolute atomic E-state index is 14.1. The van der Waals surface area contributed by atoms with Gasteiger partial charge >= 0.3 is 0 Å². The Labute approximate surface area is 174 Å². The molecule has 1 aromatic carbocycles. The topological polar surface area (TPSA) is 62.3 Å². The number of nitrogens with one attached hydrogen (secondary N) is 1. The number of carbonyl (C=O) groups is 2. The number of likely N-dealkylation sites (tertiary alicyclic amines) is 1. The van der Waals surface area contributed by atoms with Gasteiger partial charge in [-0.25, -0.2) is 13.8 Å². The number of rotatable bonds is 4. The third kappa shape index (κ3) is 3.92. The van der Waals surface area contributed by atoms with Crippen LogP contribution in [0.25, 0.3) is 11.3 Å². The molecule has 3 aromatic rings. The zero-order valence-electron chi connectivity index (χ0n) is 15.4. The summed E-state index contributed by atoms with van der Waals surface area (Å²) in [6.07, 6.45) is 1.32. The number of hydrogen-bond donors (Lipinski definition) is 1. The Bertz CT molecular complexity index is 1070. The third-order valence-corrected chi connectivity index (χ3v) is 6.42. The fourth-order valence-corrected chi connectivity index (χ4v) is 4.71. The summed E-state index contributed by atoms with van der Waals surface area (Å²) in [4.78, 5) is 31.8. The highest BCUT2D eigenvalue weighted by Crippen LogP contribution is 2.30. The smallest absolute Gasteiger partial charge is 0.264 e. The van der Waals surface area contributed by atoms with Gasteiger partial charge in [-0.05, 0) is 42.8 Å². The van der Waals surface area contributed by atoms with Crippen LogP contribution in [0.2, 0.25) is 0 Å². The zero-order chi connectivity index (χ0) is 20.5. The van der Waals surface area contributed by atoms with E-state index in [2.05, 4.69) is 10.3 Å². The maximum atomic E-state index is 14.1. The van der Waals surface area contributed by atoms with E-state index in [0.29, 0.717) is 34.2 Å². The van der Waals surface area contributed by atoms with Crippen LogP contribution in [0.15, 0.2) is 35.0 Å². The second-order valence-electron chi connectivity index (χ2n) is 6.74. The van der Waals surface area contributed by atoms with Crippen molar-refractivity contribution < 1.29 is 18.4 Å². The lowest BCUT2D eigenvalue weighted by atomic mass is 10.1. The van der Waals surface area contributed by atoms with Crippen molar-refractivity contribution in [1.29, 1.82) is 0 Å². The molecule has 0 bridgehead atoms. The average molecular weight is 434 g/mol. The molecule has 150 valence electrons. The highest BCUT2D eigenvalue weighted by molar-refractivity contribution is 7.14. The maximum Gasteiger partial charge on any atom is 0.264 e. The second-order valence-corrected chi connectivity index (χ2v) is 8.55. The molecule has 5 nitrogen and oxygen atoms in total. The van der Waals surface area contributed by atoms with Crippen molar-refractivity contribution >= 4 is 39.6 Å². The Kier molecular flexibility index (Phi) is 5.42. The van der Waals surface area contributed by atoms with Crippen LogP contribution in [0.1, 0.15) is 28.1 Å². The first-order valence-electron chi connectivity index (χ1n) is 9.01. The van der Waals surface area contributed by atoms with E-state index >= 15 is 0 Å². The molecular weight excluding hydrogens is 416 g/mol. The van der Waals surface area contributed by atoms with Crippen LogP contribution in [0.5, 0.6) is 0 Å². The van der Waals surface area contributed by atoms with Crippen LogP contribution in [-0.4, -0.2) is 34.3 Å². The number of nitrogens with zero attached hydrogens (tertiary/aromatic N) is 2. The van der Waals surface area contributed by atoms with E-state index in [1.807, 2.05) is 5.38 Å². The Morgan fingerprint density at radius 2 is 2.07 bits per heavy atom. The number of amides is 2. The fraction of sp³-hybridized carbons (Fsp3) is 0.250. The number of thiophene rings is 1. The van der Waals surface area contributed by atoms with Crippen LogP contribution in [0.3, 0.4) is 0 Å². The SMILES string of the molecule is Cc1cc(-c2csc(NC(=O)[C@@H]3CCCN3C(=O)c3cccs3)n2)c(F)cc1F. The highest BCUT2D eigenvalue weighted by Gasteiger charge is 2.35. The van der Waals surface area contributed by atoms with Crippen molar-refractivity contribution in [1.82, 2.24) is 9.88 Å². The number of carbonyl (C=O) groups excluding carboxylic acids is 2. The van der Waals surface area contributed by atoms with Crippen molar-refractivity contribution in [3.05, 3.63) is 57.1 Å². The van der Waals surface area contributed by atoms with Gasteiger partial charge in [0.05, 0.1) is 10.6 Å². The Morgan fingerprint density at radius 3 is 2.83 bits per heavy atom. The molecule has 1 aliphatic rings. The minimum Gasteiger partial charge on any atom is -0.326 e. The van der Waals surface area contributed by atoms with E-state index in [0.717, 1.165) is 23.8 Å². The molecule has 0 radical (unpaired) electrons. The van der Waals surface area contributed by atoms with Crippen molar-refractivity contribution in [2.45, 2.75) is 25.8 Å². The van der Waals surface area contributed by atoms with Crippen LogP contribution >= 0.6 is 22.7 Å². The standard InChI is InChI=1S/C20H17F2N3O2S2/c1-11-8-12(14(22)9-13(11)21)15-10-29-20(23-15)24-18(26)16-4-2-6-25(16)19(27)17-5-3-7-28-17/h3,5,7-10,16H,2,4,6H2,1H3,(H,23,24,26)/t16-/m0/s1. The molecule has 9 heteroatoms. The third-order valence-electron chi connectivity index (χ3n) is 4.81. The average Bonchev–Trinajstić information content (AvgIpc) is 3.45. The molecule has 1 saturated heterocycles. The first-order chi connectivity index (χ1) is 13.9. The molecule has 0 spiro atoms. The number of hydrogen-bond acceptors (Lipinski definition) is 5. The number of benzene rings is 1. The molecule has 29 heavy (non-hydrogen) atoms. The molecule has 0 unspecified atom stereocenters. The van der Waals surface area contributed by atoms with Crippen LogP contribution in [-0.2, 0) is 4.79 Å². The van der Waals surface area contributed by atoms with Gasteiger partial charge < -0.3 is 10.2 Å². The number of halogens is 2. The lowest BCUT2D eigenvalue weighted by molar-refractivity contribution is -0.119. The summed E-state index contributed by atoms with van der Waals surface area (Å²) < 4.78 is 27.6. The zero-order valence-corrected chi connectivity index (χ0v) is 17.1. The number of aromatic nitrogens is 1. The molecule has 2 amide bonds. The lowest BCUT2D eigenvalue weighted by Crippen LogP contribution is -2.42. The summed E-state index contributed by atoms with van der Waals surface area (Å²) in [5, 5.41) is 6.47. The number of anilines is 1. The second kappa shape index (κ2) is 8.00. The van der Waals surface area contributed by atoms with E-state index in [9.17, 15) is 18.4 Å². The first kappa shape index (κ1) is 19.7. The van der Waals surface area contributed by atoms with E-state index in [4.69, 9.17) is 0 Å². The molecule has 0 saturated carbocycles. The molecule has 3 heterocycles. The normalized spacial score (nSPS) is 16.2. The highest BCUT2D eigenvalue weighted by atomic mass is 32.1. The first-order valence-corrected chi connectivity index (χ1v) is 10.8. The van der Waals surface area contributed by atoms with Gasteiger partial charge in [-0.15, -0.1) is 22.7 Å².